The first-order valence-corrected chi connectivity index (χ1v) is 47.7. The molecule has 0 atom stereocenters. The van der Waals surface area contributed by atoms with Crippen LogP contribution >= 0.6 is 22.7 Å². The molecule has 26 aromatic rings. The minimum Gasteiger partial charge on any atom is -0.456 e. The van der Waals surface area contributed by atoms with E-state index >= 15 is 0 Å². The Hall–Kier alpha value is -17.5. The molecular weight excluding hydrogens is 1690 g/mol. The topological polar surface area (TPSA) is 37.5 Å². The Balaban J connectivity index is 0.000000150. The lowest BCUT2D eigenvalue weighted by Gasteiger charge is -2.27. The molecule has 642 valence electrons. The van der Waals surface area contributed by atoms with Crippen molar-refractivity contribution in [3.63, 3.8) is 0 Å². The third-order valence-electron chi connectivity index (χ3n) is 26.3. The van der Waals surface area contributed by atoms with Crippen molar-refractivity contribution in [2.75, 3.05) is 29.4 Å². The normalized spacial score (nSPS) is 11.5. The van der Waals surface area contributed by atoms with Crippen LogP contribution in [0.2, 0.25) is 0 Å². The Bertz CT molecular complexity index is 8670. The van der Waals surface area contributed by atoms with E-state index in [0.717, 1.165) is 135 Å². The molecule has 26 rings (SSSR count). The van der Waals surface area contributed by atoms with Gasteiger partial charge < -0.3 is 38.4 Å². The molecule has 4 heterocycles. The molecule has 0 unspecified atom stereocenters. The molecule has 0 spiro atoms. The number of aromatic nitrogens is 1. The maximum atomic E-state index is 6.83. The summed E-state index contributed by atoms with van der Waals surface area (Å²) in [6.45, 7) is 0. The molecule has 8 nitrogen and oxygen atoms in total. The molecule has 4 aromatic heterocycles. The molecule has 0 N–H and O–H groups in total. The van der Waals surface area contributed by atoms with Crippen molar-refractivity contribution >= 4 is 241 Å². The first-order chi connectivity index (χ1) is 67.5. The van der Waals surface area contributed by atoms with E-state index in [1.54, 1.807) is 0 Å². The Kier molecular flexibility index (Phi) is 20.5. The molecule has 0 fully saturated rings. The molecule has 0 aliphatic carbocycles. The molecule has 0 amide bonds. The zero-order valence-electron chi connectivity index (χ0n) is 73.9. The lowest BCUT2D eigenvalue weighted by atomic mass is 10.0. The molecule has 0 aliphatic rings. The van der Waals surface area contributed by atoms with Crippen LogP contribution < -0.4 is 29.4 Å². The second kappa shape index (κ2) is 34.6. The van der Waals surface area contributed by atoms with Crippen molar-refractivity contribution in [2.24, 2.45) is 0 Å². The van der Waals surface area contributed by atoms with Crippen molar-refractivity contribution < 1.29 is 4.42 Å². The predicted molar refractivity (Wildman–Crippen MR) is 581 cm³/mol. The van der Waals surface area contributed by atoms with Crippen LogP contribution in [0, 0.1) is 0 Å². The molecule has 136 heavy (non-hydrogen) atoms. The third kappa shape index (κ3) is 14.5. The molecule has 22 aromatic carbocycles. The summed E-state index contributed by atoms with van der Waals surface area (Å²) in [6, 6.07) is 186. The van der Waals surface area contributed by atoms with Gasteiger partial charge in [-0.25, -0.2) is 0 Å². The molecule has 0 saturated heterocycles. The van der Waals surface area contributed by atoms with E-state index in [2.05, 4.69) is 550 Å². The number of nitrogens with zero attached hydrogens (tertiary/aromatic N) is 7. The van der Waals surface area contributed by atoms with Gasteiger partial charge in [0.2, 0.25) is 0 Å². The smallest absolute Gasteiger partial charge is 0.137 e. The van der Waals surface area contributed by atoms with E-state index in [-0.39, 0.29) is 0 Å². The standard InChI is InChI=1S/C72H48N4O.C54H37N3S2/c1-4-25-52(26-5-1)73(66-34-16-22-49-19-10-13-31-59(49)66)55-39-43-69-64(45-55)62-41-37-57(47-70(62)76(69)54-29-8-3-9-30-54)75(68-36-18-24-51-21-12-15-33-61(51)68)56-40-44-71-65(46-56)63-42-38-58(48-72(63)77-71)74(53-27-6-2-7-28-53)67-35-17-23-50-20-11-14-32-60(50)67;1-6-18-38(19-7-1)55(43-32-34-45-47-28-16-30-49(53(47)58-51(45)36-43)56(39-20-8-2-9-21-39)40-22-10-3-11-23-40)44-33-35-46-48-29-17-31-50(54(48)59-52(46)37-44)57(41-24-12-4-13-25-41)42-26-14-5-15-27-42/h1-48H;1-37H. The van der Waals surface area contributed by atoms with Gasteiger partial charge in [0, 0.05) is 154 Å². The van der Waals surface area contributed by atoms with Crippen LogP contribution in [-0.2, 0) is 0 Å². The largest absolute Gasteiger partial charge is 0.456 e. The quantitative estimate of drug-likeness (QED) is 0.0799. The molecule has 0 radical (unpaired) electrons. The van der Waals surface area contributed by atoms with Crippen LogP contribution in [0.15, 0.2) is 520 Å². The number of thiophene rings is 2. The number of para-hydroxylation sites is 8. The summed E-state index contributed by atoms with van der Waals surface area (Å²) in [5, 5.41) is 16.6. The van der Waals surface area contributed by atoms with Crippen LogP contribution in [0.5, 0.6) is 0 Å². The number of hydrogen-bond donors (Lipinski definition) is 0. The highest BCUT2D eigenvalue weighted by atomic mass is 32.1. The molecule has 0 bridgehead atoms. The average Bonchev–Trinajstić information content (AvgIpc) is 1.57. The van der Waals surface area contributed by atoms with E-state index in [1.807, 2.05) is 22.7 Å². The van der Waals surface area contributed by atoms with Crippen molar-refractivity contribution in [3.05, 3.63) is 516 Å². The Labute approximate surface area is 795 Å². The molecular formula is C126H85N7OS2. The number of benzene rings is 22. The van der Waals surface area contributed by atoms with Gasteiger partial charge in [-0.05, 0) is 228 Å². The lowest BCUT2D eigenvalue weighted by Crippen LogP contribution is -2.10. The van der Waals surface area contributed by atoms with E-state index in [9.17, 15) is 0 Å². The first-order valence-electron chi connectivity index (χ1n) is 46.1. The van der Waals surface area contributed by atoms with Gasteiger partial charge in [-0.2, -0.15) is 0 Å². The van der Waals surface area contributed by atoms with Gasteiger partial charge in [0.25, 0.3) is 0 Å². The number of rotatable bonds is 19. The third-order valence-corrected chi connectivity index (χ3v) is 28.6. The van der Waals surface area contributed by atoms with E-state index in [0.29, 0.717) is 0 Å². The van der Waals surface area contributed by atoms with Gasteiger partial charge >= 0.3 is 0 Å². The summed E-state index contributed by atoms with van der Waals surface area (Å²) in [5.41, 5.74) is 24.9. The Morgan fingerprint density at radius 1 is 0.162 bits per heavy atom. The molecule has 0 saturated carbocycles. The van der Waals surface area contributed by atoms with Gasteiger partial charge in [-0.3, -0.25) is 0 Å². The minimum absolute atomic E-state index is 0.826. The number of furan rings is 1. The number of hydrogen-bond acceptors (Lipinski definition) is 9. The predicted octanol–water partition coefficient (Wildman–Crippen LogP) is 37.4. The van der Waals surface area contributed by atoms with Crippen LogP contribution in [0.1, 0.15) is 0 Å². The summed E-state index contributed by atoms with van der Waals surface area (Å²) in [5.74, 6) is 0. The van der Waals surface area contributed by atoms with Gasteiger partial charge in [0.15, 0.2) is 0 Å². The highest BCUT2D eigenvalue weighted by Gasteiger charge is 2.28. The summed E-state index contributed by atoms with van der Waals surface area (Å²) < 4.78 is 14.3. The summed E-state index contributed by atoms with van der Waals surface area (Å²) in [4.78, 5) is 14.3. The van der Waals surface area contributed by atoms with Crippen LogP contribution in [-0.4, -0.2) is 4.57 Å². The van der Waals surface area contributed by atoms with E-state index < -0.39 is 0 Å². The zero-order valence-corrected chi connectivity index (χ0v) is 75.6. The maximum absolute atomic E-state index is 6.83. The summed E-state index contributed by atoms with van der Waals surface area (Å²) in [7, 11) is 0. The summed E-state index contributed by atoms with van der Waals surface area (Å²) in [6.07, 6.45) is 0. The van der Waals surface area contributed by atoms with Crippen molar-refractivity contribution in [1.29, 1.82) is 0 Å². The van der Waals surface area contributed by atoms with E-state index in [1.165, 1.54) is 89.4 Å². The zero-order chi connectivity index (χ0) is 89.9. The highest BCUT2D eigenvalue weighted by Crippen LogP contribution is 2.53. The monoisotopic (exact) mass is 1780 g/mol. The lowest BCUT2D eigenvalue weighted by molar-refractivity contribution is 0.669. The minimum atomic E-state index is 0.826. The number of anilines is 18. The fourth-order valence-electron chi connectivity index (χ4n) is 20.2. The average molecular weight is 1780 g/mol. The Morgan fingerprint density at radius 2 is 0.456 bits per heavy atom. The van der Waals surface area contributed by atoms with Crippen molar-refractivity contribution in [3.8, 4) is 5.69 Å². The van der Waals surface area contributed by atoms with Crippen molar-refractivity contribution in [1.82, 2.24) is 4.57 Å². The van der Waals surface area contributed by atoms with E-state index in [4.69, 9.17) is 4.42 Å². The first kappa shape index (κ1) is 80.5. The SMILES string of the molecule is c1ccc(N(c2ccc3c(c2)oc2ccc(N(c4ccc5c6cc(N(c7ccccc7)c7cccc8ccccc78)ccc6n(-c6ccccc6)c5c4)c4cccc5ccccc45)cc23)c2cccc3ccccc23)cc1.c1ccc(N(c2ccc3c(c2)sc2c(N(c4ccccc4)c4ccccc4)cccc23)c2ccc3c(c2)sc2c(N(c4ccccc4)c4ccccc4)cccc23)cc1. The van der Waals surface area contributed by atoms with Crippen LogP contribution in [0.25, 0.3) is 122 Å². The fraction of sp³-hybridized carbons (Fsp3) is 0. The number of fused-ring (bicyclic) bond motifs is 15. The van der Waals surface area contributed by atoms with Crippen LogP contribution in [0.3, 0.4) is 0 Å². The maximum Gasteiger partial charge on any atom is 0.137 e. The van der Waals surface area contributed by atoms with Gasteiger partial charge in [-0.15, -0.1) is 22.7 Å². The van der Waals surface area contributed by atoms with Gasteiger partial charge in [0.1, 0.15) is 11.2 Å². The summed E-state index contributed by atoms with van der Waals surface area (Å²) >= 11 is 3.73. The fourth-order valence-corrected chi connectivity index (χ4v) is 22.6. The Morgan fingerprint density at radius 3 is 0.882 bits per heavy atom. The highest BCUT2D eigenvalue weighted by molar-refractivity contribution is 7.27. The molecule has 0 aliphatic heterocycles. The second-order valence-corrected chi connectivity index (χ2v) is 36.4. The van der Waals surface area contributed by atoms with Crippen molar-refractivity contribution in [2.45, 2.75) is 0 Å². The second-order valence-electron chi connectivity index (χ2n) is 34.3. The van der Waals surface area contributed by atoms with Gasteiger partial charge in [0.05, 0.1) is 48.9 Å². The molecule has 10 heteroatoms. The van der Waals surface area contributed by atoms with Gasteiger partial charge in [-0.1, -0.05) is 297 Å². The van der Waals surface area contributed by atoms with Crippen LogP contribution in [0.4, 0.5) is 102 Å².